The average Bonchev–Trinajstić information content (AvgIpc) is 3.24. The Morgan fingerprint density at radius 2 is 0.481 bits per heavy atom. The van der Waals surface area contributed by atoms with Gasteiger partial charge in [-0.25, -0.2) is 9.59 Å². The Kier molecular flexibility index (Phi) is 22.9. The lowest BCUT2D eigenvalue weighted by atomic mass is 10.3. The van der Waals surface area contributed by atoms with Crippen LogP contribution in [0.2, 0.25) is 48.4 Å². The standard InChI is InChI=1S/C28H39F21O14Si8.C8H14O2/c1-20(2)21(50)51-11-3-12-64-52-65(13-4-22(29,30)31)55-68(16-7-25(38,39)40)57-66(53-64,14-5-23(32,33)34)59-70(18-9-27(44,45)46)60-67(54-64,15-6-24(35,36)37)58-69(56-65,17-8-26(41,42)43)62-71(61-68,63-70)19-10-28(47,48)49;1-4-5-6-10-8(9)7(2)3/h1,3-19H2,2H3;2,4-6H2,1,3H3. The summed E-state index contributed by atoms with van der Waals surface area (Å²) in [4.78, 5) is 23.0. The van der Waals surface area contributed by atoms with Gasteiger partial charge in [0.2, 0.25) is 0 Å². The molecule has 0 atom stereocenters. The van der Waals surface area contributed by atoms with Crippen LogP contribution in [-0.4, -0.2) is 139 Å². The lowest BCUT2D eigenvalue weighted by Gasteiger charge is -2.63. The SMILES string of the molecule is C=C(C)C(=O)OCCCC.C=C(C)C(=O)OCCC[Si]12O[Si]3(CCC(F)(F)F)O[Si]4(CCC(F)(F)F)O[Si](CCC(F)(F)F)(O1)O[Si]1(CCC(F)(F)F)O[Si](CCC(F)(F)F)(O2)O[Si](CCC(F)(F)F)(O3)O[Si](CCC(F)(F)F)(O4)O1. The Labute approximate surface area is 456 Å². The van der Waals surface area contributed by atoms with Crippen molar-refractivity contribution in [3.63, 3.8) is 0 Å². The second kappa shape index (κ2) is 25.9. The Morgan fingerprint density at radius 3 is 0.630 bits per heavy atom. The maximum atomic E-state index is 14.4. The van der Waals surface area contributed by atoms with E-state index < -0.39 is 226 Å². The van der Waals surface area contributed by atoms with Gasteiger partial charge in [-0.3, -0.25) is 0 Å². The molecule has 0 N–H and O–H groups in total. The molecule has 81 heavy (non-hydrogen) atoms. The third kappa shape index (κ3) is 23.1. The molecule has 0 spiro atoms. The molecule has 0 unspecified atom stereocenters. The van der Waals surface area contributed by atoms with E-state index in [0.717, 1.165) is 19.8 Å². The zero-order valence-electron chi connectivity index (χ0n) is 42.5. The van der Waals surface area contributed by atoms with Gasteiger partial charge in [-0.05, 0) is 26.7 Å². The molecule has 0 radical (unpaired) electrons. The molecule has 6 aliphatic rings. The molecule has 0 aromatic carbocycles. The fourth-order valence-electron chi connectivity index (χ4n) is 7.64. The topological polar surface area (TPSA) is 163 Å². The van der Waals surface area contributed by atoms with E-state index in [1.807, 2.05) is 0 Å². The quantitative estimate of drug-likeness (QED) is 0.0312. The second-order valence-corrected chi connectivity index (χ2v) is 43.5. The van der Waals surface area contributed by atoms with Crippen LogP contribution in [-0.2, 0) is 68.4 Å². The molecule has 6 heterocycles. The molecule has 472 valence electrons. The Bertz CT molecular complexity index is 2000. The minimum Gasteiger partial charge on any atom is -0.462 e. The summed E-state index contributed by atoms with van der Waals surface area (Å²) in [7, 11) is -51.8. The molecular weight excluding hydrogens is 1310 g/mol. The molecule has 16 nitrogen and oxygen atoms in total. The van der Waals surface area contributed by atoms with Crippen LogP contribution in [0.4, 0.5) is 92.2 Å². The lowest BCUT2D eigenvalue weighted by molar-refractivity contribution is -0.140. The Hall–Kier alpha value is -1.79. The van der Waals surface area contributed by atoms with E-state index in [9.17, 15) is 102 Å². The van der Waals surface area contributed by atoms with Crippen LogP contribution in [0.15, 0.2) is 24.3 Å². The van der Waals surface area contributed by atoms with Gasteiger partial charge in [0.15, 0.2) is 0 Å². The molecule has 8 bridgehead atoms. The van der Waals surface area contributed by atoms with E-state index >= 15 is 0 Å². The van der Waals surface area contributed by atoms with Crippen molar-refractivity contribution in [3.05, 3.63) is 24.3 Å². The smallest absolute Gasteiger partial charge is 0.462 e. The van der Waals surface area contributed by atoms with Crippen molar-refractivity contribution in [3.8, 4) is 0 Å². The minimum absolute atomic E-state index is 0.284. The predicted octanol–water partition coefficient (Wildman–Crippen LogP) is 12.8. The summed E-state index contributed by atoms with van der Waals surface area (Å²) in [5.74, 6) is -1.46. The zero-order valence-corrected chi connectivity index (χ0v) is 50.5. The van der Waals surface area contributed by atoms with Gasteiger partial charge in [0, 0.05) is 104 Å². The molecule has 6 rings (SSSR count). The summed E-state index contributed by atoms with van der Waals surface area (Å²) in [6, 6.07) is -15.2. The number of ether oxygens (including phenoxy) is 2. The second-order valence-electron chi connectivity index (χ2n) is 18.8. The zero-order chi connectivity index (χ0) is 61.9. The normalized spacial score (nSPS) is 31.7. The maximum Gasteiger partial charge on any atom is 0.479 e. The van der Waals surface area contributed by atoms with Gasteiger partial charge in [0.05, 0.1) is 13.2 Å². The summed E-state index contributed by atoms with van der Waals surface area (Å²) >= 11 is 0. The van der Waals surface area contributed by atoms with E-state index in [0.29, 0.717) is 12.2 Å². The van der Waals surface area contributed by atoms with Crippen molar-refractivity contribution in [2.45, 2.75) is 177 Å². The van der Waals surface area contributed by atoms with Crippen molar-refractivity contribution in [1.29, 1.82) is 0 Å². The van der Waals surface area contributed by atoms with E-state index in [2.05, 4.69) is 20.1 Å². The van der Waals surface area contributed by atoms with Gasteiger partial charge < -0.3 is 58.9 Å². The van der Waals surface area contributed by atoms with Gasteiger partial charge >= 0.3 is 126 Å². The van der Waals surface area contributed by atoms with E-state index in [-0.39, 0.29) is 11.5 Å². The molecule has 0 aliphatic carbocycles. The van der Waals surface area contributed by atoms with Crippen LogP contribution in [0.5, 0.6) is 0 Å². The third-order valence-electron chi connectivity index (χ3n) is 11.0. The van der Waals surface area contributed by atoms with Crippen LogP contribution in [0.1, 0.15) is 85.0 Å². The monoisotopic (exact) mass is 1360 g/mol. The van der Waals surface area contributed by atoms with Crippen LogP contribution in [0.3, 0.4) is 0 Å². The number of carbonyl (C=O) groups excluding carboxylic acids is 2. The number of carbonyl (C=O) groups is 2. The first-order valence-corrected chi connectivity index (χ1v) is 39.4. The van der Waals surface area contributed by atoms with Gasteiger partial charge in [-0.2, -0.15) is 92.2 Å². The van der Waals surface area contributed by atoms with Crippen molar-refractivity contribution in [2.75, 3.05) is 13.2 Å². The highest BCUT2D eigenvalue weighted by molar-refractivity contribution is 7.03. The number of hydrogen-bond acceptors (Lipinski definition) is 16. The molecule has 0 saturated carbocycles. The summed E-state index contributed by atoms with van der Waals surface area (Å²) < 4.78 is 382. The first-order chi connectivity index (χ1) is 36.4. The lowest BCUT2D eigenvalue weighted by Crippen LogP contribution is -2.88. The largest absolute Gasteiger partial charge is 0.479 e. The van der Waals surface area contributed by atoms with Crippen molar-refractivity contribution < 1.29 is 161 Å². The van der Waals surface area contributed by atoms with E-state index in [1.54, 1.807) is 6.92 Å². The van der Waals surface area contributed by atoms with Crippen LogP contribution >= 0.6 is 0 Å². The number of esters is 2. The number of hydrogen-bond donors (Lipinski definition) is 0. The van der Waals surface area contributed by atoms with Gasteiger partial charge in [-0.1, -0.05) is 26.5 Å². The van der Waals surface area contributed by atoms with Crippen molar-refractivity contribution in [2.24, 2.45) is 0 Å². The van der Waals surface area contributed by atoms with Crippen LogP contribution in [0, 0.1) is 0 Å². The summed E-state index contributed by atoms with van der Waals surface area (Å²) in [6.45, 7) is 11.2. The van der Waals surface area contributed by atoms with E-state index in [1.165, 1.54) is 0 Å². The molecule has 0 aromatic rings. The molecule has 6 aliphatic heterocycles. The van der Waals surface area contributed by atoms with E-state index in [4.69, 9.17) is 58.9 Å². The number of unbranched alkanes of at least 4 members (excludes halogenated alkanes) is 1. The Balaban J connectivity index is 0.00000128. The van der Waals surface area contributed by atoms with Crippen molar-refractivity contribution in [1.82, 2.24) is 0 Å². The van der Waals surface area contributed by atoms with Crippen LogP contribution < -0.4 is 0 Å². The summed E-state index contributed by atoms with van der Waals surface area (Å²) in [6.07, 6.45) is -53.9. The molecule has 6 fully saturated rings. The average molecular weight is 1370 g/mol. The first kappa shape index (κ1) is 71.7. The Morgan fingerprint density at radius 1 is 0.321 bits per heavy atom. The predicted molar refractivity (Wildman–Crippen MR) is 243 cm³/mol. The maximum absolute atomic E-state index is 14.4. The highest BCUT2D eigenvalue weighted by Gasteiger charge is 2.84. The molecular formula is C36H53F21O16Si8. The van der Waals surface area contributed by atoms with Crippen molar-refractivity contribution >= 4 is 82.4 Å². The van der Waals surface area contributed by atoms with Gasteiger partial charge in [0.1, 0.15) is 0 Å². The molecule has 0 aromatic heterocycles. The number of rotatable bonds is 23. The third-order valence-corrected chi connectivity index (χ3v) is 47.9. The van der Waals surface area contributed by atoms with Gasteiger partial charge in [-0.15, -0.1) is 0 Å². The highest BCUT2D eigenvalue weighted by Crippen LogP contribution is 2.57. The first-order valence-electron chi connectivity index (χ1n) is 24.0. The molecule has 0 amide bonds. The highest BCUT2D eigenvalue weighted by atomic mass is 28.6. The van der Waals surface area contributed by atoms with Crippen LogP contribution in [0.25, 0.3) is 0 Å². The molecule has 6 saturated heterocycles. The summed E-state index contributed by atoms with van der Waals surface area (Å²) in [5.41, 5.74) is 0.173. The fourth-order valence-corrected chi connectivity index (χ4v) is 57.9. The molecule has 45 heteroatoms. The fraction of sp³-hybridized carbons (Fsp3) is 0.833. The van der Waals surface area contributed by atoms with Gasteiger partial charge in [0.25, 0.3) is 0 Å². The minimum atomic E-state index is -6.61. The number of alkyl halides is 21. The number of halogens is 21. The summed E-state index contributed by atoms with van der Waals surface area (Å²) in [5, 5.41) is 0.